The predicted octanol–water partition coefficient (Wildman–Crippen LogP) is 0.999. The van der Waals surface area contributed by atoms with Crippen molar-refractivity contribution in [2.75, 3.05) is 6.54 Å². The van der Waals surface area contributed by atoms with Crippen LogP contribution in [0.15, 0.2) is 41.3 Å². The molecule has 0 unspecified atom stereocenters. The molecule has 0 saturated carbocycles. The van der Waals surface area contributed by atoms with Gasteiger partial charge in [-0.1, -0.05) is 12.2 Å². The summed E-state index contributed by atoms with van der Waals surface area (Å²) in [5, 5.41) is 19.7. The van der Waals surface area contributed by atoms with Crippen molar-refractivity contribution < 1.29 is 23.2 Å². The SMILES string of the molecule is O=C(O)[C@@H]1CC=CCN1S(=O)(=O)c1ccc([N+](=O)[O-])cc1. The number of hydrogen-bond acceptors (Lipinski definition) is 5. The molecule has 0 aromatic heterocycles. The first-order chi connectivity index (χ1) is 9.84. The van der Waals surface area contributed by atoms with E-state index in [9.17, 15) is 23.3 Å². The van der Waals surface area contributed by atoms with Gasteiger partial charge in [0.05, 0.1) is 9.82 Å². The van der Waals surface area contributed by atoms with E-state index in [1.165, 1.54) is 0 Å². The van der Waals surface area contributed by atoms with Gasteiger partial charge in [0, 0.05) is 18.7 Å². The van der Waals surface area contributed by atoms with Gasteiger partial charge in [0.2, 0.25) is 10.0 Å². The molecule has 0 spiro atoms. The summed E-state index contributed by atoms with van der Waals surface area (Å²) in [6.45, 7) is -0.0453. The predicted molar refractivity (Wildman–Crippen MR) is 72.2 cm³/mol. The number of aliphatic carboxylic acids is 1. The summed E-state index contributed by atoms with van der Waals surface area (Å²) < 4.78 is 25.8. The van der Waals surface area contributed by atoms with Crippen LogP contribution in [0.5, 0.6) is 0 Å². The third-order valence-electron chi connectivity index (χ3n) is 3.10. The van der Waals surface area contributed by atoms with E-state index < -0.39 is 27.0 Å². The Bertz CT molecular complexity index is 695. The zero-order valence-electron chi connectivity index (χ0n) is 10.7. The molecule has 8 nitrogen and oxygen atoms in total. The molecule has 21 heavy (non-hydrogen) atoms. The lowest BCUT2D eigenvalue weighted by Gasteiger charge is -2.28. The van der Waals surface area contributed by atoms with E-state index in [0.29, 0.717) is 0 Å². The van der Waals surface area contributed by atoms with Crippen LogP contribution in [0, 0.1) is 10.1 Å². The quantitative estimate of drug-likeness (QED) is 0.503. The summed E-state index contributed by atoms with van der Waals surface area (Å²) in [7, 11) is -4.02. The summed E-state index contributed by atoms with van der Waals surface area (Å²) in [6.07, 6.45) is 3.27. The molecule has 0 saturated heterocycles. The Morgan fingerprint density at radius 3 is 2.43 bits per heavy atom. The first kappa shape index (κ1) is 15.1. The van der Waals surface area contributed by atoms with Gasteiger partial charge in [-0.2, -0.15) is 4.31 Å². The summed E-state index contributed by atoms with van der Waals surface area (Å²) in [4.78, 5) is 20.9. The molecule has 2 rings (SSSR count). The maximum Gasteiger partial charge on any atom is 0.322 e. The monoisotopic (exact) mass is 312 g/mol. The normalized spacial score (nSPS) is 19.3. The molecule has 0 bridgehead atoms. The molecule has 1 aromatic carbocycles. The Balaban J connectivity index is 2.38. The van der Waals surface area contributed by atoms with Crippen LogP contribution in [0.4, 0.5) is 5.69 Å². The summed E-state index contributed by atoms with van der Waals surface area (Å²) in [5.41, 5.74) is -0.234. The van der Waals surface area contributed by atoms with Crippen molar-refractivity contribution in [1.29, 1.82) is 0 Å². The second-order valence-corrected chi connectivity index (χ2v) is 6.28. The van der Waals surface area contributed by atoms with Crippen molar-refractivity contribution in [1.82, 2.24) is 4.31 Å². The number of nitro benzene ring substituents is 1. The number of sulfonamides is 1. The van der Waals surface area contributed by atoms with Crippen LogP contribution in [-0.4, -0.2) is 41.3 Å². The number of carboxylic acids is 1. The number of carboxylic acid groups (broad SMARTS) is 1. The summed E-state index contributed by atoms with van der Waals surface area (Å²) in [6, 6.07) is 3.18. The van der Waals surface area contributed by atoms with Crippen LogP contribution >= 0.6 is 0 Å². The molecular formula is C12H12N2O6S. The molecule has 0 amide bonds. The number of nitro groups is 1. The fraction of sp³-hybridized carbons (Fsp3) is 0.250. The van der Waals surface area contributed by atoms with Crippen LogP contribution in [0.3, 0.4) is 0 Å². The standard InChI is InChI=1S/C12H12N2O6S/c15-12(16)11-3-1-2-8-13(11)21(19,20)10-6-4-9(5-7-10)14(17)18/h1-2,4-7,11H,3,8H2,(H,15,16)/t11-/m0/s1. The zero-order chi connectivity index (χ0) is 15.6. The highest BCUT2D eigenvalue weighted by atomic mass is 32.2. The van der Waals surface area contributed by atoms with Gasteiger partial charge in [-0.15, -0.1) is 0 Å². The fourth-order valence-corrected chi connectivity index (χ4v) is 3.56. The molecule has 1 aliphatic heterocycles. The number of benzene rings is 1. The van der Waals surface area contributed by atoms with E-state index in [0.717, 1.165) is 28.6 Å². The largest absolute Gasteiger partial charge is 0.480 e. The minimum Gasteiger partial charge on any atom is -0.480 e. The molecule has 1 aromatic rings. The highest BCUT2D eigenvalue weighted by Crippen LogP contribution is 2.24. The first-order valence-electron chi connectivity index (χ1n) is 5.98. The lowest BCUT2D eigenvalue weighted by atomic mass is 10.1. The van der Waals surface area contributed by atoms with Gasteiger partial charge in [0.1, 0.15) is 6.04 Å². The maximum absolute atomic E-state index is 12.4. The highest BCUT2D eigenvalue weighted by molar-refractivity contribution is 7.89. The zero-order valence-corrected chi connectivity index (χ0v) is 11.6. The lowest BCUT2D eigenvalue weighted by molar-refractivity contribution is -0.384. The second-order valence-electron chi connectivity index (χ2n) is 4.39. The average molecular weight is 312 g/mol. The molecule has 0 fully saturated rings. The average Bonchev–Trinajstić information content (AvgIpc) is 2.47. The van der Waals surface area contributed by atoms with Gasteiger partial charge in [-0.25, -0.2) is 8.42 Å². The molecule has 112 valence electrons. The maximum atomic E-state index is 12.4. The van der Waals surface area contributed by atoms with Crippen LogP contribution in [0.2, 0.25) is 0 Å². The fourth-order valence-electron chi connectivity index (χ4n) is 2.01. The Morgan fingerprint density at radius 1 is 1.29 bits per heavy atom. The number of nitrogens with zero attached hydrogens (tertiary/aromatic N) is 2. The van der Waals surface area contributed by atoms with Gasteiger partial charge < -0.3 is 5.11 Å². The Labute approximate surface area is 120 Å². The Hall–Kier alpha value is -2.26. The van der Waals surface area contributed by atoms with E-state index in [-0.39, 0.29) is 23.5 Å². The van der Waals surface area contributed by atoms with Crippen molar-refractivity contribution >= 4 is 21.7 Å². The molecular weight excluding hydrogens is 300 g/mol. The third-order valence-corrected chi connectivity index (χ3v) is 4.99. The molecule has 0 radical (unpaired) electrons. The minimum atomic E-state index is -4.02. The van der Waals surface area contributed by atoms with Gasteiger partial charge in [-0.3, -0.25) is 14.9 Å². The summed E-state index contributed by atoms with van der Waals surface area (Å²) in [5.74, 6) is -1.23. The summed E-state index contributed by atoms with van der Waals surface area (Å²) >= 11 is 0. The number of non-ortho nitro benzene ring substituents is 1. The number of rotatable bonds is 4. The van der Waals surface area contributed by atoms with Crippen molar-refractivity contribution in [3.05, 3.63) is 46.5 Å². The van der Waals surface area contributed by atoms with Gasteiger partial charge >= 0.3 is 5.97 Å². The van der Waals surface area contributed by atoms with Crippen LogP contribution in [0.25, 0.3) is 0 Å². The molecule has 9 heteroatoms. The topological polar surface area (TPSA) is 118 Å². The minimum absolute atomic E-state index is 0.0453. The van der Waals surface area contributed by atoms with E-state index in [1.54, 1.807) is 12.2 Å². The van der Waals surface area contributed by atoms with Gasteiger partial charge in [0.25, 0.3) is 5.69 Å². The Morgan fingerprint density at radius 2 is 1.90 bits per heavy atom. The van der Waals surface area contributed by atoms with Crippen molar-refractivity contribution in [3.63, 3.8) is 0 Å². The number of carbonyl (C=O) groups is 1. The van der Waals surface area contributed by atoms with Gasteiger partial charge in [-0.05, 0) is 18.6 Å². The van der Waals surface area contributed by atoms with E-state index >= 15 is 0 Å². The molecule has 1 atom stereocenters. The number of hydrogen-bond donors (Lipinski definition) is 1. The van der Waals surface area contributed by atoms with Crippen LogP contribution in [-0.2, 0) is 14.8 Å². The van der Waals surface area contributed by atoms with Crippen LogP contribution in [0.1, 0.15) is 6.42 Å². The van der Waals surface area contributed by atoms with Crippen molar-refractivity contribution in [3.8, 4) is 0 Å². The molecule has 1 heterocycles. The highest BCUT2D eigenvalue weighted by Gasteiger charge is 2.36. The van der Waals surface area contributed by atoms with Crippen molar-refractivity contribution in [2.24, 2.45) is 0 Å². The lowest BCUT2D eigenvalue weighted by Crippen LogP contribution is -2.46. The smallest absolute Gasteiger partial charge is 0.322 e. The third kappa shape index (κ3) is 2.93. The molecule has 0 aliphatic carbocycles. The first-order valence-corrected chi connectivity index (χ1v) is 7.42. The van der Waals surface area contributed by atoms with E-state index in [1.807, 2.05) is 0 Å². The second kappa shape index (κ2) is 5.62. The van der Waals surface area contributed by atoms with E-state index in [4.69, 9.17) is 5.11 Å². The molecule has 1 N–H and O–H groups in total. The Kier molecular flexibility index (Phi) is 4.05. The van der Waals surface area contributed by atoms with Gasteiger partial charge in [0.15, 0.2) is 0 Å². The van der Waals surface area contributed by atoms with E-state index in [2.05, 4.69) is 0 Å². The van der Waals surface area contributed by atoms with Crippen molar-refractivity contribution in [2.45, 2.75) is 17.4 Å². The molecule has 1 aliphatic rings. The van der Waals surface area contributed by atoms with Crippen LogP contribution < -0.4 is 0 Å².